The first-order valence-electron chi connectivity index (χ1n) is 12.0. The van der Waals surface area contributed by atoms with Crippen LogP contribution in [0.25, 0.3) is 0 Å². The number of nitrogens with zero attached hydrogens (tertiary/aromatic N) is 2. The van der Waals surface area contributed by atoms with E-state index in [1.165, 1.54) is 49.4 Å². The van der Waals surface area contributed by atoms with Crippen LogP contribution in [-0.4, -0.2) is 33.8 Å². The molecule has 1 aromatic heterocycles. The fourth-order valence-electron chi connectivity index (χ4n) is 5.00. The van der Waals surface area contributed by atoms with Gasteiger partial charge in [0.2, 0.25) is 0 Å². The van der Waals surface area contributed by atoms with E-state index in [0.717, 1.165) is 18.7 Å². The number of rotatable bonds is 10. The highest BCUT2D eigenvalue weighted by Crippen LogP contribution is 2.25. The Balaban J connectivity index is 1.44. The minimum Gasteiger partial charge on any atom is -0.391 e. The van der Waals surface area contributed by atoms with Crippen molar-refractivity contribution < 1.29 is 9.50 Å². The molecule has 0 unspecified atom stereocenters. The van der Waals surface area contributed by atoms with Crippen LogP contribution in [-0.2, 0) is 19.5 Å². The van der Waals surface area contributed by atoms with Gasteiger partial charge in [-0.2, -0.15) is 0 Å². The van der Waals surface area contributed by atoms with E-state index in [2.05, 4.69) is 39.9 Å². The van der Waals surface area contributed by atoms with Gasteiger partial charge in [0, 0.05) is 38.1 Å². The lowest BCUT2D eigenvalue weighted by molar-refractivity contribution is 0.0915. The third-order valence-corrected chi connectivity index (χ3v) is 6.58. The quantitative estimate of drug-likeness (QED) is 0.446. The van der Waals surface area contributed by atoms with Gasteiger partial charge in [-0.1, -0.05) is 61.7 Å². The Morgan fingerprint density at radius 2 is 1.72 bits per heavy atom. The summed E-state index contributed by atoms with van der Waals surface area (Å²) < 4.78 is 15.8. The van der Waals surface area contributed by atoms with Crippen molar-refractivity contribution in [2.24, 2.45) is 5.92 Å². The maximum absolute atomic E-state index is 13.6. The smallest absolute Gasteiger partial charge is 0.123 e. The van der Waals surface area contributed by atoms with Crippen LogP contribution >= 0.6 is 0 Å². The minimum absolute atomic E-state index is 0.195. The lowest BCUT2D eigenvalue weighted by Gasteiger charge is -2.31. The highest BCUT2D eigenvalue weighted by atomic mass is 19.1. The number of aliphatic hydroxyl groups is 1. The molecule has 1 saturated carbocycles. The van der Waals surface area contributed by atoms with Crippen molar-refractivity contribution in [2.75, 3.05) is 13.1 Å². The fourth-order valence-corrected chi connectivity index (χ4v) is 5.00. The van der Waals surface area contributed by atoms with E-state index in [1.54, 1.807) is 12.1 Å². The molecular formula is C28H35FN2O. The van der Waals surface area contributed by atoms with E-state index in [0.29, 0.717) is 25.4 Å². The second-order valence-corrected chi connectivity index (χ2v) is 9.30. The van der Waals surface area contributed by atoms with E-state index in [1.807, 2.05) is 24.3 Å². The largest absolute Gasteiger partial charge is 0.391 e. The summed E-state index contributed by atoms with van der Waals surface area (Å²) in [6.45, 7) is 3.14. The first-order chi connectivity index (χ1) is 15.7. The molecule has 1 N–H and O–H groups in total. The van der Waals surface area contributed by atoms with Crippen LogP contribution in [0.1, 0.15) is 48.9 Å². The highest BCUT2D eigenvalue weighted by molar-refractivity contribution is 5.19. The molecule has 0 radical (unpaired) electrons. The molecule has 2 aromatic carbocycles. The fraction of sp³-hybridized carbons (Fsp3) is 0.429. The van der Waals surface area contributed by atoms with Gasteiger partial charge in [0.15, 0.2) is 0 Å². The molecule has 0 saturated heterocycles. The molecular weight excluding hydrogens is 399 g/mol. The third kappa shape index (κ3) is 6.78. The molecule has 0 aliphatic heterocycles. The molecule has 1 heterocycles. The Labute approximate surface area is 191 Å². The molecule has 1 atom stereocenters. The molecule has 0 amide bonds. The predicted octanol–water partition coefficient (Wildman–Crippen LogP) is 5.66. The summed E-state index contributed by atoms with van der Waals surface area (Å²) in [4.78, 5) is 2.43. The molecule has 32 heavy (non-hydrogen) atoms. The zero-order chi connectivity index (χ0) is 22.2. The SMILES string of the molecule is O[C@@H](Cc1ccccc1)CN(Cc1cccn1Cc1cccc(F)c1)CC1CCCCC1. The zero-order valence-corrected chi connectivity index (χ0v) is 18.9. The first kappa shape index (κ1) is 22.8. The van der Waals surface area contributed by atoms with Crippen LogP contribution in [0.3, 0.4) is 0 Å². The Bertz CT molecular complexity index is 949. The molecule has 4 rings (SSSR count). The van der Waals surface area contributed by atoms with Crippen LogP contribution in [0.5, 0.6) is 0 Å². The summed E-state index contributed by atoms with van der Waals surface area (Å²) in [7, 11) is 0. The van der Waals surface area contributed by atoms with Gasteiger partial charge in [0.05, 0.1) is 6.10 Å². The van der Waals surface area contributed by atoms with E-state index < -0.39 is 6.10 Å². The number of halogens is 1. The lowest BCUT2D eigenvalue weighted by Crippen LogP contribution is -2.37. The number of aliphatic hydroxyl groups excluding tert-OH is 1. The van der Waals surface area contributed by atoms with Crippen LogP contribution in [0, 0.1) is 11.7 Å². The van der Waals surface area contributed by atoms with Gasteiger partial charge >= 0.3 is 0 Å². The number of aromatic nitrogens is 1. The van der Waals surface area contributed by atoms with Crippen molar-refractivity contribution in [3.63, 3.8) is 0 Å². The summed E-state index contributed by atoms with van der Waals surface area (Å²) in [6.07, 6.45) is 8.91. The van der Waals surface area contributed by atoms with Gasteiger partial charge in [-0.25, -0.2) is 4.39 Å². The molecule has 1 aliphatic carbocycles. The Morgan fingerprint density at radius 3 is 2.50 bits per heavy atom. The summed E-state index contributed by atoms with van der Waals surface area (Å²) in [6, 6.07) is 21.3. The summed E-state index contributed by atoms with van der Waals surface area (Å²) in [5, 5.41) is 10.9. The van der Waals surface area contributed by atoms with Crippen molar-refractivity contribution in [1.82, 2.24) is 9.47 Å². The Kier molecular flexibility index (Phi) is 8.13. The number of hydrogen-bond acceptors (Lipinski definition) is 2. The molecule has 170 valence electrons. The van der Waals surface area contributed by atoms with Gasteiger partial charge in [-0.3, -0.25) is 4.90 Å². The second-order valence-electron chi connectivity index (χ2n) is 9.30. The summed E-state index contributed by atoms with van der Waals surface area (Å²) in [5.74, 6) is 0.512. The monoisotopic (exact) mass is 434 g/mol. The second kappa shape index (κ2) is 11.4. The van der Waals surface area contributed by atoms with Crippen LogP contribution < -0.4 is 0 Å². The van der Waals surface area contributed by atoms with Gasteiger partial charge in [-0.15, -0.1) is 0 Å². The van der Waals surface area contributed by atoms with E-state index in [-0.39, 0.29) is 5.82 Å². The standard InChI is InChI=1S/C28H35FN2O/c29-26-14-7-13-25(17-26)20-31-16-8-15-27(31)21-30(19-24-11-5-2-6-12-24)22-28(32)18-23-9-3-1-4-10-23/h1,3-4,7-10,13-17,24,28,32H,2,5-6,11-12,18-22H2/t28-/m0/s1. The lowest BCUT2D eigenvalue weighted by atomic mass is 9.89. The summed E-state index contributed by atoms with van der Waals surface area (Å²) in [5.41, 5.74) is 3.34. The molecule has 1 aliphatic rings. The van der Waals surface area contributed by atoms with E-state index >= 15 is 0 Å². The average Bonchev–Trinajstić information content (AvgIpc) is 3.21. The topological polar surface area (TPSA) is 28.4 Å². The normalized spacial score (nSPS) is 15.8. The number of hydrogen-bond donors (Lipinski definition) is 1. The zero-order valence-electron chi connectivity index (χ0n) is 18.9. The van der Waals surface area contributed by atoms with E-state index in [9.17, 15) is 9.50 Å². The van der Waals surface area contributed by atoms with Gasteiger partial charge in [-0.05, 0) is 60.6 Å². The average molecular weight is 435 g/mol. The van der Waals surface area contributed by atoms with Crippen LogP contribution in [0.15, 0.2) is 72.9 Å². The first-order valence-corrected chi connectivity index (χ1v) is 12.0. The van der Waals surface area contributed by atoms with Crippen molar-refractivity contribution in [3.05, 3.63) is 95.6 Å². The predicted molar refractivity (Wildman–Crippen MR) is 128 cm³/mol. The van der Waals surface area contributed by atoms with Gasteiger partial charge in [0.25, 0.3) is 0 Å². The molecule has 1 fully saturated rings. The highest BCUT2D eigenvalue weighted by Gasteiger charge is 2.21. The molecule has 4 heteroatoms. The minimum atomic E-state index is -0.396. The van der Waals surface area contributed by atoms with Crippen LogP contribution in [0.4, 0.5) is 4.39 Å². The van der Waals surface area contributed by atoms with Crippen molar-refractivity contribution in [3.8, 4) is 0 Å². The van der Waals surface area contributed by atoms with Crippen molar-refractivity contribution >= 4 is 0 Å². The van der Waals surface area contributed by atoms with Crippen molar-refractivity contribution in [1.29, 1.82) is 0 Å². The van der Waals surface area contributed by atoms with Crippen molar-refractivity contribution in [2.45, 2.75) is 57.7 Å². The molecule has 0 bridgehead atoms. The molecule has 0 spiro atoms. The van der Waals surface area contributed by atoms with Gasteiger partial charge < -0.3 is 9.67 Å². The molecule has 3 nitrogen and oxygen atoms in total. The van der Waals surface area contributed by atoms with E-state index in [4.69, 9.17) is 0 Å². The molecule has 3 aromatic rings. The maximum Gasteiger partial charge on any atom is 0.123 e. The number of benzene rings is 2. The summed E-state index contributed by atoms with van der Waals surface area (Å²) >= 11 is 0. The maximum atomic E-state index is 13.6. The van der Waals surface area contributed by atoms with Crippen LogP contribution in [0.2, 0.25) is 0 Å². The Morgan fingerprint density at radius 1 is 0.938 bits per heavy atom. The third-order valence-electron chi connectivity index (χ3n) is 6.58. The Hall–Kier alpha value is -2.43. The van der Waals surface area contributed by atoms with Gasteiger partial charge in [0.1, 0.15) is 5.82 Å².